The molecule has 5 N–H and O–H groups in total. The highest BCUT2D eigenvalue weighted by atomic mass is 32.2. The zero-order valence-electron chi connectivity index (χ0n) is 11.9. The third kappa shape index (κ3) is 3.13. The number of thiazole rings is 1. The summed E-state index contributed by atoms with van der Waals surface area (Å²) in [7, 11) is -3.26. The molecule has 0 bridgehead atoms. The van der Waals surface area contributed by atoms with Crippen LogP contribution in [0.2, 0.25) is 0 Å². The third-order valence-electron chi connectivity index (χ3n) is 3.05. The lowest BCUT2D eigenvalue weighted by Crippen LogP contribution is -2.43. The molecule has 10 nitrogen and oxygen atoms in total. The average molecular weight is 348 g/mol. The van der Waals surface area contributed by atoms with Crippen LogP contribution in [0.3, 0.4) is 0 Å². The fourth-order valence-electron chi connectivity index (χ4n) is 2.11. The summed E-state index contributed by atoms with van der Waals surface area (Å²) < 4.78 is 32.7. The van der Waals surface area contributed by atoms with E-state index in [1.807, 2.05) is 0 Å². The van der Waals surface area contributed by atoms with Crippen LogP contribution in [-0.2, 0) is 23.4 Å². The highest BCUT2D eigenvalue weighted by molar-refractivity contribution is 7.84. The molecule has 2 rings (SSSR count). The van der Waals surface area contributed by atoms with E-state index in [9.17, 15) is 17.8 Å². The molecule has 122 valence electrons. The van der Waals surface area contributed by atoms with E-state index in [1.165, 1.54) is 30.2 Å². The maximum atomic E-state index is 12.1. The van der Waals surface area contributed by atoms with Gasteiger partial charge in [-0.1, -0.05) is 0 Å². The zero-order chi connectivity index (χ0) is 16.7. The largest absolute Gasteiger partial charge is 0.370 e. The molecule has 22 heavy (non-hydrogen) atoms. The standard InChI is InChI=1S/C10H16N6O4S2/c1-5-8-6(14-7(21-8)3-13-9(11)12)4-15(2)10(17)16(5)22(18,19)20/h5H,3-4H2,1-2H3,(H4,11,12,13)(H,18,19,20). The first-order valence-electron chi connectivity index (χ1n) is 6.17. The summed E-state index contributed by atoms with van der Waals surface area (Å²) in [6, 6.07) is -1.68. The Morgan fingerprint density at radius 3 is 2.73 bits per heavy atom. The summed E-state index contributed by atoms with van der Waals surface area (Å²) >= 11 is 1.20. The number of aromatic nitrogens is 1. The van der Waals surface area contributed by atoms with Gasteiger partial charge < -0.3 is 16.4 Å². The monoisotopic (exact) mass is 348 g/mol. The number of hydrogen-bond acceptors (Lipinski definition) is 6. The molecule has 1 aromatic heterocycles. The Bertz CT molecular complexity index is 724. The van der Waals surface area contributed by atoms with Gasteiger partial charge >= 0.3 is 16.3 Å². The minimum absolute atomic E-state index is 0.0784. The van der Waals surface area contributed by atoms with Crippen molar-refractivity contribution >= 4 is 33.6 Å². The minimum Gasteiger partial charge on any atom is -0.370 e. The molecule has 1 aromatic rings. The van der Waals surface area contributed by atoms with E-state index in [-0.39, 0.29) is 19.0 Å². The quantitative estimate of drug-likeness (QED) is 0.383. The Morgan fingerprint density at radius 1 is 1.55 bits per heavy atom. The van der Waals surface area contributed by atoms with Crippen LogP contribution in [0, 0.1) is 0 Å². The second kappa shape index (κ2) is 5.70. The molecule has 0 aliphatic carbocycles. The average Bonchev–Trinajstić information content (AvgIpc) is 2.74. The first-order chi connectivity index (χ1) is 10.1. The van der Waals surface area contributed by atoms with Crippen molar-refractivity contribution in [3.63, 3.8) is 0 Å². The number of aliphatic imine (C=N–C) groups is 1. The molecule has 12 heteroatoms. The molecule has 0 fully saturated rings. The summed E-state index contributed by atoms with van der Waals surface area (Å²) in [4.78, 5) is 22.0. The van der Waals surface area contributed by atoms with Crippen molar-refractivity contribution in [2.75, 3.05) is 7.05 Å². The first kappa shape index (κ1) is 16.5. The van der Waals surface area contributed by atoms with E-state index in [0.29, 0.717) is 19.9 Å². The summed E-state index contributed by atoms with van der Waals surface area (Å²) in [5.41, 5.74) is 11.1. The van der Waals surface area contributed by atoms with Crippen LogP contribution in [-0.4, -0.2) is 46.2 Å². The fraction of sp³-hybridized carbons (Fsp3) is 0.500. The topological polar surface area (TPSA) is 155 Å². The Kier molecular flexibility index (Phi) is 4.26. The van der Waals surface area contributed by atoms with Gasteiger partial charge in [0.05, 0.1) is 29.7 Å². The van der Waals surface area contributed by atoms with Crippen LogP contribution in [0.15, 0.2) is 4.99 Å². The van der Waals surface area contributed by atoms with Crippen LogP contribution >= 0.6 is 11.3 Å². The number of guanidine groups is 1. The molecule has 1 aliphatic heterocycles. The molecule has 0 spiro atoms. The van der Waals surface area contributed by atoms with E-state index in [4.69, 9.17) is 11.5 Å². The van der Waals surface area contributed by atoms with E-state index < -0.39 is 22.4 Å². The van der Waals surface area contributed by atoms with Gasteiger partial charge in [-0.25, -0.2) is 14.8 Å². The maximum Gasteiger partial charge on any atom is 0.364 e. The number of carbonyl (C=O) groups is 1. The Balaban J connectivity index is 2.46. The van der Waals surface area contributed by atoms with Gasteiger partial charge in [0.25, 0.3) is 0 Å². The van der Waals surface area contributed by atoms with Gasteiger partial charge in [-0.2, -0.15) is 12.7 Å². The number of amides is 2. The van der Waals surface area contributed by atoms with Gasteiger partial charge in [-0.15, -0.1) is 11.3 Å². The molecular formula is C10H16N6O4S2. The molecule has 2 heterocycles. The van der Waals surface area contributed by atoms with E-state index in [0.717, 1.165) is 0 Å². The van der Waals surface area contributed by atoms with Crippen molar-refractivity contribution in [3.05, 3.63) is 15.6 Å². The predicted octanol–water partition coefficient (Wildman–Crippen LogP) is -0.352. The number of hydrogen-bond donors (Lipinski definition) is 3. The highest BCUT2D eigenvalue weighted by Gasteiger charge is 2.39. The molecule has 0 aromatic carbocycles. The van der Waals surface area contributed by atoms with Crippen LogP contribution in [0.4, 0.5) is 4.79 Å². The van der Waals surface area contributed by atoms with Gasteiger partial charge in [0.2, 0.25) is 0 Å². The fourth-order valence-corrected chi connectivity index (χ4v) is 4.06. The number of fused-ring (bicyclic) bond motifs is 1. The van der Waals surface area contributed by atoms with E-state index in [1.54, 1.807) is 0 Å². The van der Waals surface area contributed by atoms with Crippen molar-refractivity contribution in [2.45, 2.75) is 26.1 Å². The predicted molar refractivity (Wildman–Crippen MR) is 80.3 cm³/mol. The molecule has 1 aliphatic rings. The van der Waals surface area contributed by atoms with Crippen molar-refractivity contribution < 1.29 is 17.8 Å². The van der Waals surface area contributed by atoms with Crippen molar-refractivity contribution in [1.82, 2.24) is 14.2 Å². The van der Waals surface area contributed by atoms with Crippen LogP contribution in [0.1, 0.15) is 28.5 Å². The normalized spacial score (nSPS) is 18.9. The van der Waals surface area contributed by atoms with Gasteiger partial charge in [-0.3, -0.25) is 4.55 Å². The summed E-state index contributed by atoms with van der Waals surface area (Å²) in [5, 5.41) is 0.586. The van der Waals surface area contributed by atoms with E-state index in [2.05, 4.69) is 9.98 Å². The highest BCUT2D eigenvalue weighted by Crippen LogP contribution is 2.35. The van der Waals surface area contributed by atoms with Crippen molar-refractivity contribution in [3.8, 4) is 0 Å². The summed E-state index contributed by atoms with van der Waals surface area (Å²) in [6.07, 6.45) is 0. The lowest BCUT2D eigenvalue weighted by Gasteiger charge is -2.25. The second-order valence-corrected chi connectivity index (χ2v) is 7.15. The molecule has 1 atom stereocenters. The summed E-state index contributed by atoms with van der Waals surface area (Å²) in [6.45, 7) is 1.80. The summed E-state index contributed by atoms with van der Waals surface area (Å²) in [5.74, 6) is -0.0784. The maximum absolute atomic E-state index is 12.1. The van der Waals surface area contributed by atoms with E-state index >= 15 is 0 Å². The third-order valence-corrected chi connectivity index (χ3v) is 5.27. The molecule has 1 unspecified atom stereocenters. The second-order valence-electron chi connectivity index (χ2n) is 4.75. The number of nitrogens with two attached hydrogens (primary N) is 2. The molecule has 2 amide bonds. The minimum atomic E-state index is -4.69. The number of carbonyl (C=O) groups excluding carboxylic acids is 1. The number of urea groups is 1. The van der Waals surface area contributed by atoms with Crippen LogP contribution < -0.4 is 11.5 Å². The number of rotatable bonds is 3. The van der Waals surface area contributed by atoms with Crippen molar-refractivity contribution in [1.29, 1.82) is 0 Å². The van der Waals surface area contributed by atoms with Crippen molar-refractivity contribution in [2.24, 2.45) is 16.5 Å². The number of nitrogens with zero attached hydrogens (tertiary/aromatic N) is 4. The van der Waals surface area contributed by atoms with Gasteiger partial charge in [0, 0.05) is 7.05 Å². The molecule has 0 saturated heterocycles. The zero-order valence-corrected chi connectivity index (χ0v) is 13.6. The Labute approximate surface area is 131 Å². The Hall–Kier alpha value is -1.92. The molecular weight excluding hydrogens is 332 g/mol. The van der Waals surface area contributed by atoms with Crippen LogP contribution in [0.25, 0.3) is 0 Å². The van der Waals surface area contributed by atoms with Crippen LogP contribution in [0.5, 0.6) is 0 Å². The Morgan fingerprint density at radius 2 is 2.18 bits per heavy atom. The van der Waals surface area contributed by atoms with Gasteiger partial charge in [-0.05, 0) is 6.92 Å². The molecule has 0 radical (unpaired) electrons. The lowest BCUT2D eigenvalue weighted by molar-refractivity contribution is 0.178. The first-order valence-corrected chi connectivity index (χ1v) is 8.38. The SMILES string of the molecule is CC1c2sc(CN=C(N)N)nc2CN(C)C(=O)N1S(=O)(=O)O. The van der Waals surface area contributed by atoms with Gasteiger partial charge in [0.15, 0.2) is 5.96 Å². The molecule has 0 saturated carbocycles. The lowest BCUT2D eigenvalue weighted by atomic mass is 10.2. The smallest absolute Gasteiger partial charge is 0.364 e. The van der Waals surface area contributed by atoms with Gasteiger partial charge in [0.1, 0.15) is 5.01 Å².